The third-order valence-corrected chi connectivity index (χ3v) is 3.64. The first kappa shape index (κ1) is 14.3. The van der Waals surface area contributed by atoms with E-state index in [0.29, 0.717) is 5.56 Å². The molecule has 1 aromatic heterocycles. The van der Waals surface area contributed by atoms with Crippen LogP contribution in [0.1, 0.15) is 36.6 Å². The molecule has 2 rings (SSSR count). The van der Waals surface area contributed by atoms with E-state index in [1.54, 1.807) is 6.92 Å². The summed E-state index contributed by atoms with van der Waals surface area (Å²) >= 11 is 0. The lowest BCUT2D eigenvalue weighted by Crippen LogP contribution is -2.44. The number of hydrogen-bond acceptors (Lipinski definition) is 4. The number of piperidine rings is 1. The Kier molecular flexibility index (Phi) is 4.23. The van der Waals surface area contributed by atoms with E-state index in [1.165, 1.54) is 0 Å². The summed E-state index contributed by atoms with van der Waals surface area (Å²) < 4.78 is 0. The molecule has 1 aliphatic heterocycles. The molecule has 5 heteroatoms. The molecule has 0 spiro atoms. The maximum Gasteiger partial charge on any atom is 0.217 e. The molecule has 20 heavy (non-hydrogen) atoms. The topological polar surface area (TPSA) is 69.0 Å². The zero-order valence-electron chi connectivity index (χ0n) is 12.2. The molecule has 1 saturated heterocycles. The smallest absolute Gasteiger partial charge is 0.217 e. The molecule has 5 nitrogen and oxygen atoms in total. The van der Waals surface area contributed by atoms with Gasteiger partial charge in [0, 0.05) is 31.7 Å². The Morgan fingerprint density at radius 1 is 1.45 bits per heavy atom. The predicted octanol–water partition coefficient (Wildman–Crippen LogP) is 1.68. The summed E-state index contributed by atoms with van der Waals surface area (Å²) in [5.74, 6) is 0.803. The standard InChI is InChI=1S/C15H20N4O/c1-10-8-11(2)17-15(14(10)9-16)19-6-4-13(5-7-19)18-12(3)20/h8,13H,4-7H2,1-3H3,(H,18,20). The van der Waals surface area contributed by atoms with E-state index in [-0.39, 0.29) is 11.9 Å². The van der Waals surface area contributed by atoms with Crippen molar-refractivity contribution in [2.45, 2.75) is 39.7 Å². The fraction of sp³-hybridized carbons (Fsp3) is 0.533. The predicted molar refractivity (Wildman–Crippen MR) is 77.5 cm³/mol. The van der Waals surface area contributed by atoms with Crippen molar-refractivity contribution in [1.29, 1.82) is 5.26 Å². The van der Waals surface area contributed by atoms with Crippen LogP contribution in [0.25, 0.3) is 0 Å². The van der Waals surface area contributed by atoms with E-state index in [4.69, 9.17) is 0 Å². The van der Waals surface area contributed by atoms with E-state index in [1.807, 2.05) is 19.9 Å². The first-order valence-electron chi connectivity index (χ1n) is 6.91. The second-order valence-corrected chi connectivity index (χ2v) is 5.35. The number of hydrogen-bond donors (Lipinski definition) is 1. The van der Waals surface area contributed by atoms with Gasteiger partial charge >= 0.3 is 0 Å². The SMILES string of the molecule is CC(=O)NC1CCN(c2nc(C)cc(C)c2C#N)CC1. The van der Waals surface area contributed by atoms with Gasteiger partial charge in [-0.25, -0.2) is 4.98 Å². The van der Waals surface area contributed by atoms with Gasteiger partial charge in [0.25, 0.3) is 0 Å². The van der Waals surface area contributed by atoms with Gasteiger partial charge in [0.05, 0.1) is 5.56 Å². The number of nitriles is 1. The molecular formula is C15H20N4O. The Morgan fingerprint density at radius 2 is 2.10 bits per heavy atom. The molecule has 2 heterocycles. The third-order valence-electron chi connectivity index (χ3n) is 3.64. The molecular weight excluding hydrogens is 252 g/mol. The summed E-state index contributed by atoms with van der Waals surface area (Å²) in [6.45, 7) is 7.07. The van der Waals surface area contributed by atoms with Gasteiger partial charge in [-0.05, 0) is 38.3 Å². The number of aromatic nitrogens is 1. The van der Waals surface area contributed by atoms with Gasteiger partial charge in [-0.3, -0.25) is 4.79 Å². The zero-order chi connectivity index (χ0) is 14.7. The van der Waals surface area contributed by atoms with Crippen LogP contribution in [0.5, 0.6) is 0 Å². The van der Waals surface area contributed by atoms with Crippen molar-refractivity contribution in [2.24, 2.45) is 0 Å². The first-order chi connectivity index (χ1) is 9.51. The minimum absolute atomic E-state index is 0.0192. The van der Waals surface area contributed by atoms with E-state index in [2.05, 4.69) is 21.3 Å². The Hall–Kier alpha value is -2.09. The molecule has 1 aliphatic rings. The van der Waals surface area contributed by atoms with Crippen LogP contribution >= 0.6 is 0 Å². The summed E-state index contributed by atoms with van der Waals surface area (Å²) in [7, 11) is 0. The molecule has 106 valence electrons. The lowest BCUT2D eigenvalue weighted by atomic mass is 10.0. The van der Waals surface area contributed by atoms with E-state index in [0.717, 1.165) is 43.0 Å². The molecule has 0 unspecified atom stereocenters. The molecule has 0 atom stereocenters. The van der Waals surface area contributed by atoms with Crippen LogP contribution < -0.4 is 10.2 Å². The maximum atomic E-state index is 11.1. The van der Waals surface area contributed by atoms with Gasteiger partial charge in [0.15, 0.2) is 0 Å². The van der Waals surface area contributed by atoms with Crippen molar-refractivity contribution in [1.82, 2.24) is 10.3 Å². The quantitative estimate of drug-likeness (QED) is 0.889. The van der Waals surface area contributed by atoms with Crippen LogP contribution in [0.4, 0.5) is 5.82 Å². The van der Waals surface area contributed by atoms with Crippen LogP contribution in [0.3, 0.4) is 0 Å². The van der Waals surface area contributed by atoms with E-state index >= 15 is 0 Å². The van der Waals surface area contributed by atoms with Crippen molar-refractivity contribution in [2.75, 3.05) is 18.0 Å². The highest BCUT2D eigenvalue weighted by Gasteiger charge is 2.23. The summed E-state index contributed by atoms with van der Waals surface area (Å²) in [5, 5.41) is 12.3. The van der Waals surface area contributed by atoms with Crippen molar-refractivity contribution < 1.29 is 4.79 Å². The minimum Gasteiger partial charge on any atom is -0.355 e. The Morgan fingerprint density at radius 3 is 2.65 bits per heavy atom. The normalized spacial score (nSPS) is 15.8. The van der Waals surface area contributed by atoms with Crippen molar-refractivity contribution in [3.05, 3.63) is 22.9 Å². The molecule has 0 aliphatic carbocycles. The van der Waals surface area contributed by atoms with E-state index < -0.39 is 0 Å². The fourth-order valence-corrected chi connectivity index (χ4v) is 2.71. The number of carbonyl (C=O) groups is 1. The molecule has 1 N–H and O–H groups in total. The Bertz CT molecular complexity index is 554. The monoisotopic (exact) mass is 272 g/mol. The van der Waals surface area contributed by atoms with Crippen LogP contribution in [-0.4, -0.2) is 30.0 Å². The number of nitrogens with one attached hydrogen (secondary N) is 1. The molecule has 0 bridgehead atoms. The van der Waals surface area contributed by atoms with Gasteiger partial charge in [-0.1, -0.05) is 0 Å². The molecule has 0 saturated carbocycles. The molecule has 0 radical (unpaired) electrons. The van der Waals surface area contributed by atoms with Crippen LogP contribution in [0.15, 0.2) is 6.07 Å². The third kappa shape index (κ3) is 3.08. The summed E-state index contributed by atoms with van der Waals surface area (Å²) in [4.78, 5) is 17.8. The number of rotatable bonds is 2. The number of anilines is 1. The van der Waals surface area contributed by atoms with Gasteiger partial charge in [0.1, 0.15) is 11.9 Å². The highest BCUT2D eigenvalue weighted by atomic mass is 16.1. The Labute approximate surface area is 119 Å². The molecule has 0 aromatic carbocycles. The van der Waals surface area contributed by atoms with E-state index in [9.17, 15) is 10.1 Å². The molecule has 1 fully saturated rings. The maximum absolute atomic E-state index is 11.1. The average molecular weight is 272 g/mol. The second kappa shape index (κ2) is 5.91. The number of nitrogens with zero attached hydrogens (tertiary/aromatic N) is 3. The van der Waals surface area contributed by atoms with Gasteiger partial charge in [-0.15, -0.1) is 0 Å². The van der Waals surface area contributed by atoms with Crippen molar-refractivity contribution in [3.63, 3.8) is 0 Å². The largest absolute Gasteiger partial charge is 0.355 e. The van der Waals surface area contributed by atoms with Crippen molar-refractivity contribution in [3.8, 4) is 6.07 Å². The lowest BCUT2D eigenvalue weighted by molar-refractivity contribution is -0.119. The highest BCUT2D eigenvalue weighted by molar-refractivity contribution is 5.73. The van der Waals surface area contributed by atoms with Crippen LogP contribution in [0.2, 0.25) is 0 Å². The van der Waals surface area contributed by atoms with Gasteiger partial charge in [0.2, 0.25) is 5.91 Å². The zero-order valence-corrected chi connectivity index (χ0v) is 12.2. The van der Waals surface area contributed by atoms with Crippen LogP contribution in [-0.2, 0) is 4.79 Å². The first-order valence-corrected chi connectivity index (χ1v) is 6.91. The number of aryl methyl sites for hydroxylation is 2. The van der Waals surface area contributed by atoms with Gasteiger partial charge in [-0.2, -0.15) is 5.26 Å². The molecule has 1 aromatic rings. The number of amides is 1. The summed E-state index contributed by atoms with van der Waals surface area (Å²) in [6.07, 6.45) is 1.78. The summed E-state index contributed by atoms with van der Waals surface area (Å²) in [5.41, 5.74) is 2.56. The van der Waals surface area contributed by atoms with Crippen LogP contribution in [0, 0.1) is 25.2 Å². The average Bonchev–Trinajstić information content (AvgIpc) is 2.38. The number of carbonyl (C=O) groups excluding carboxylic acids is 1. The van der Waals surface area contributed by atoms with Crippen molar-refractivity contribution >= 4 is 11.7 Å². The number of pyridine rings is 1. The highest BCUT2D eigenvalue weighted by Crippen LogP contribution is 2.24. The summed E-state index contributed by atoms with van der Waals surface area (Å²) in [6, 6.07) is 4.43. The minimum atomic E-state index is 0.0192. The fourth-order valence-electron chi connectivity index (χ4n) is 2.71. The Balaban J connectivity index is 2.15. The molecule has 1 amide bonds. The van der Waals surface area contributed by atoms with Gasteiger partial charge < -0.3 is 10.2 Å². The lowest BCUT2D eigenvalue weighted by Gasteiger charge is -2.33. The second-order valence-electron chi connectivity index (χ2n) is 5.35.